The minimum absolute atomic E-state index is 0.0766. The number of aromatic nitrogens is 4. The quantitative estimate of drug-likeness (QED) is 0.401. The Kier molecular flexibility index (Phi) is 6.27. The zero-order valence-electron chi connectivity index (χ0n) is 20.2. The lowest BCUT2D eigenvalue weighted by Crippen LogP contribution is -2.43. The fraction of sp³-hybridized carbons (Fsp3) is 0.385. The molecule has 8 nitrogen and oxygen atoms in total. The molecule has 4 aromatic rings. The molecule has 1 fully saturated rings. The third-order valence-electron chi connectivity index (χ3n) is 6.97. The molecule has 0 saturated carbocycles. The first kappa shape index (κ1) is 23.4. The Labute approximate surface area is 207 Å². The van der Waals surface area contributed by atoms with E-state index in [0.717, 1.165) is 46.7 Å². The molecule has 0 aliphatic carbocycles. The Balaban J connectivity index is 1.59. The summed E-state index contributed by atoms with van der Waals surface area (Å²) in [7, 11) is 3.10. The molecule has 1 atom stereocenters. The maximum absolute atomic E-state index is 13.2. The van der Waals surface area contributed by atoms with E-state index in [1.165, 1.54) is 23.4 Å². The maximum Gasteiger partial charge on any atom is 0.332 e. The summed E-state index contributed by atoms with van der Waals surface area (Å²) in [6.45, 7) is 3.28. The normalized spacial score (nSPS) is 16.3. The van der Waals surface area contributed by atoms with Gasteiger partial charge in [-0.3, -0.25) is 18.7 Å². The van der Waals surface area contributed by atoms with Crippen LogP contribution in [0.4, 0.5) is 0 Å². The van der Waals surface area contributed by atoms with Gasteiger partial charge in [0.25, 0.3) is 5.56 Å². The standard InChI is InChI=1S/C26H29N5O3S/c1-17-9-6-7-14-30(17)21(32)16-35-25-27-23-22(24(33)29(3)26(34)28(23)2)31(25)15-19-12-8-11-18-10-4-5-13-20(18)19/h4-5,8,10-13,17H,6-7,9,14-16H2,1-3H3/t17-/m1/s1. The van der Waals surface area contributed by atoms with E-state index in [1.54, 1.807) is 7.05 Å². The zero-order chi connectivity index (χ0) is 24.7. The summed E-state index contributed by atoms with van der Waals surface area (Å²) in [4.78, 5) is 45.5. The smallest absolute Gasteiger partial charge is 0.332 e. The van der Waals surface area contributed by atoms with Crippen molar-refractivity contribution in [3.8, 4) is 0 Å². The highest BCUT2D eigenvalue weighted by Gasteiger charge is 2.25. The summed E-state index contributed by atoms with van der Waals surface area (Å²) in [6, 6.07) is 14.4. The maximum atomic E-state index is 13.2. The highest BCUT2D eigenvalue weighted by Crippen LogP contribution is 2.27. The molecule has 35 heavy (non-hydrogen) atoms. The third-order valence-corrected chi connectivity index (χ3v) is 7.93. The van der Waals surface area contributed by atoms with Crippen molar-refractivity contribution in [2.75, 3.05) is 12.3 Å². The van der Waals surface area contributed by atoms with E-state index in [1.807, 2.05) is 33.7 Å². The van der Waals surface area contributed by atoms with E-state index in [2.05, 4.69) is 25.1 Å². The molecule has 3 heterocycles. The van der Waals surface area contributed by atoms with Crippen molar-refractivity contribution in [1.82, 2.24) is 23.6 Å². The number of piperidine rings is 1. The van der Waals surface area contributed by atoms with E-state index < -0.39 is 11.2 Å². The van der Waals surface area contributed by atoms with Crippen molar-refractivity contribution in [2.45, 2.75) is 43.9 Å². The number of aryl methyl sites for hydroxylation is 1. The summed E-state index contributed by atoms with van der Waals surface area (Å²) in [5.41, 5.74) is 0.922. The van der Waals surface area contributed by atoms with Crippen LogP contribution in [0.15, 0.2) is 57.2 Å². The first-order chi connectivity index (χ1) is 16.9. The minimum Gasteiger partial charge on any atom is -0.339 e. The van der Waals surface area contributed by atoms with Gasteiger partial charge >= 0.3 is 5.69 Å². The van der Waals surface area contributed by atoms with Crippen LogP contribution >= 0.6 is 11.8 Å². The molecule has 9 heteroatoms. The predicted molar refractivity (Wildman–Crippen MR) is 139 cm³/mol. The molecule has 2 aromatic carbocycles. The Bertz CT molecular complexity index is 1550. The van der Waals surface area contributed by atoms with Crippen LogP contribution in [0.1, 0.15) is 31.7 Å². The molecule has 0 N–H and O–H groups in total. The van der Waals surface area contributed by atoms with E-state index >= 15 is 0 Å². The molecule has 1 aliphatic heterocycles. The van der Waals surface area contributed by atoms with Gasteiger partial charge in [-0.15, -0.1) is 0 Å². The number of carbonyl (C=O) groups is 1. The third kappa shape index (κ3) is 4.18. The van der Waals surface area contributed by atoms with Crippen molar-refractivity contribution >= 4 is 39.6 Å². The summed E-state index contributed by atoms with van der Waals surface area (Å²) in [6.07, 6.45) is 3.20. The van der Waals surface area contributed by atoms with Gasteiger partial charge in [0.05, 0.1) is 12.3 Å². The molecule has 1 amide bonds. The second-order valence-electron chi connectivity index (χ2n) is 9.22. The molecule has 0 spiro atoms. The van der Waals surface area contributed by atoms with Crippen LogP contribution in [0.3, 0.4) is 0 Å². The summed E-state index contributed by atoms with van der Waals surface area (Å²) < 4.78 is 4.37. The molecule has 1 aliphatic rings. The Hall–Kier alpha value is -3.33. The van der Waals surface area contributed by atoms with Crippen LogP contribution in [-0.4, -0.2) is 47.8 Å². The van der Waals surface area contributed by atoms with Gasteiger partial charge in [-0.25, -0.2) is 9.78 Å². The molecule has 0 radical (unpaired) electrons. The lowest BCUT2D eigenvalue weighted by Gasteiger charge is -2.33. The molecule has 182 valence electrons. The average Bonchev–Trinajstić information content (AvgIpc) is 3.23. The van der Waals surface area contributed by atoms with Gasteiger partial charge in [0.15, 0.2) is 16.3 Å². The molecule has 2 aromatic heterocycles. The van der Waals surface area contributed by atoms with Gasteiger partial charge in [0, 0.05) is 26.7 Å². The number of nitrogens with zero attached hydrogens (tertiary/aromatic N) is 5. The first-order valence-corrected chi connectivity index (χ1v) is 12.9. The number of likely N-dealkylation sites (tertiary alicyclic amines) is 1. The fourth-order valence-corrected chi connectivity index (χ4v) is 5.84. The number of hydrogen-bond donors (Lipinski definition) is 0. The fourth-order valence-electron chi connectivity index (χ4n) is 4.96. The Morgan fingerprint density at radius 2 is 1.83 bits per heavy atom. The van der Waals surface area contributed by atoms with Crippen molar-refractivity contribution in [2.24, 2.45) is 14.1 Å². The number of rotatable bonds is 5. The average molecular weight is 492 g/mol. The number of hydrogen-bond acceptors (Lipinski definition) is 5. The minimum atomic E-state index is -0.424. The van der Waals surface area contributed by atoms with Crippen molar-refractivity contribution in [3.05, 3.63) is 68.9 Å². The number of thioether (sulfide) groups is 1. The van der Waals surface area contributed by atoms with Gasteiger partial charge in [-0.2, -0.15) is 0 Å². The van der Waals surface area contributed by atoms with Crippen LogP contribution in [0.2, 0.25) is 0 Å². The van der Waals surface area contributed by atoms with Crippen LogP contribution in [0, 0.1) is 0 Å². The number of benzene rings is 2. The van der Waals surface area contributed by atoms with Crippen LogP contribution < -0.4 is 11.2 Å². The largest absolute Gasteiger partial charge is 0.339 e. The number of imidazole rings is 1. The zero-order valence-corrected chi connectivity index (χ0v) is 21.0. The molecular weight excluding hydrogens is 462 g/mol. The van der Waals surface area contributed by atoms with Crippen molar-refractivity contribution in [3.63, 3.8) is 0 Å². The summed E-state index contributed by atoms with van der Waals surface area (Å²) in [5.74, 6) is 0.310. The van der Waals surface area contributed by atoms with Gasteiger partial charge in [0.1, 0.15) is 0 Å². The van der Waals surface area contributed by atoms with Gasteiger partial charge in [-0.05, 0) is 42.5 Å². The molecule has 0 unspecified atom stereocenters. The number of amides is 1. The predicted octanol–water partition coefficient (Wildman–Crippen LogP) is 3.13. The van der Waals surface area contributed by atoms with Crippen molar-refractivity contribution < 1.29 is 4.79 Å². The first-order valence-electron chi connectivity index (χ1n) is 11.9. The topological polar surface area (TPSA) is 82.1 Å². The second-order valence-corrected chi connectivity index (χ2v) is 10.2. The van der Waals surface area contributed by atoms with E-state index in [9.17, 15) is 14.4 Å². The SMILES string of the molecule is C[C@@H]1CCCCN1C(=O)CSc1nc2c(c(=O)n(C)c(=O)n2C)n1Cc1cccc2ccccc12. The number of fused-ring (bicyclic) bond motifs is 2. The van der Waals surface area contributed by atoms with Gasteiger partial charge in [0.2, 0.25) is 5.91 Å². The molecular formula is C26H29N5O3S. The Morgan fingerprint density at radius 1 is 1.06 bits per heavy atom. The van der Waals surface area contributed by atoms with Crippen molar-refractivity contribution in [1.29, 1.82) is 0 Å². The van der Waals surface area contributed by atoms with E-state index in [-0.39, 0.29) is 17.7 Å². The van der Waals surface area contributed by atoms with E-state index in [4.69, 9.17) is 4.98 Å². The number of carbonyl (C=O) groups excluding carboxylic acids is 1. The molecule has 0 bridgehead atoms. The van der Waals surface area contributed by atoms with Gasteiger partial charge in [-0.1, -0.05) is 54.2 Å². The van der Waals surface area contributed by atoms with Gasteiger partial charge < -0.3 is 9.47 Å². The lowest BCUT2D eigenvalue weighted by molar-refractivity contribution is -0.131. The lowest BCUT2D eigenvalue weighted by atomic mass is 10.0. The van der Waals surface area contributed by atoms with E-state index in [0.29, 0.717) is 22.9 Å². The van der Waals surface area contributed by atoms with Crippen LogP contribution in [-0.2, 0) is 25.4 Å². The molecule has 1 saturated heterocycles. The Morgan fingerprint density at radius 3 is 2.63 bits per heavy atom. The monoisotopic (exact) mass is 491 g/mol. The second kappa shape index (κ2) is 9.37. The van der Waals surface area contributed by atoms with Crippen LogP contribution in [0.25, 0.3) is 21.9 Å². The van der Waals surface area contributed by atoms with Crippen LogP contribution in [0.5, 0.6) is 0 Å². The summed E-state index contributed by atoms with van der Waals surface area (Å²) in [5, 5.41) is 2.76. The highest BCUT2D eigenvalue weighted by atomic mass is 32.2. The summed E-state index contributed by atoms with van der Waals surface area (Å²) >= 11 is 1.33. The highest BCUT2D eigenvalue weighted by molar-refractivity contribution is 7.99. The molecule has 5 rings (SSSR count).